The van der Waals surface area contributed by atoms with E-state index in [2.05, 4.69) is 19.8 Å². The molecule has 0 aliphatic heterocycles. The molecule has 0 unspecified atom stereocenters. The van der Waals surface area contributed by atoms with Crippen LogP contribution in [0.2, 0.25) is 5.02 Å². The third-order valence-electron chi connectivity index (χ3n) is 2.10. The van der Waals surface area contributed by atoms with Gasteiger partial charge in [-0.2, -0.15) is 0 Å². The van der Waals surface area contributed by atoms with E-state index in [-0.39, 0.29) is 5.82 Å². The minimum Gasteiger partial charge on any atom is -0.479 e. The van der Waals surface area contributed by atoms with Crippen molar-refractivity contribution in [3.8, 4) is 11.6 Å². The lowest BCUT2D eigenvalue weighted by molar-refractivity contribution is 0.0587. The number of aromatic nitrogens is 4. The summed E-state index contributed by atoms with van der Waals surface area (Å²) in [6.45, 7) is 0. The topological polar surface area (TPSA) is 79.1 Å². The summed E-state index contributed by atoms with van der Waals surface area (Å²) < 4.78 is 10.9. The van der Waals surface area contributed by atoms with Gasteiger partial charge >= 0.3 is 5.97 Å². The smallest absolute Gasteiger partial charge is 0.377 e. The zero-order valence-corrected chi connectivity index (χ0v) is 10.4. The van der Waals surface area contributed by atoms with Crippen LogP contribution in [0.4, 0.5) is 0 Å². The lowest BCUT2D eigenvalue weighted by atomic mass is 10.4. The van der Waals surface area contributed by atoms with E-state index in [1.54, 1.807) is 6.07 Å². The summed E-state index contributed by atoms with van der Waals surface area (Å²) in [4.78, 5) is 19.1. The summed E-state index contributed by atoms with van der Waals surface area (Å²) >= 11 is 5.85. The number of ether oxygens (including phenoxy) is 2. The molecular formula is C10H9ClN4O3. The van der Waals surface area contributed by atoms with Crippen molar-refractivity contribution in [3.63, 3.8) is 0 Å². The van der Waals surface area contributed by atoms with E-state index in [0.717, 1.165) is 0 Å². The van der Waals surface area contributed by atoms with Crippen molar-refractivity contribution in [3.05, 3.63) is 29.4 Å². The highest BCUT2D eigenvalue weighted by molar-refractivity contribution is 6.30. The van der Waals surface area contributed by atoms with E-state index >= 15 is 0 Å². The van der Waals surface area contributed by atoms with Gasteiger partial charge in [-0.25, -0.2) is 19.4 Å². The highest BCUT2D eigenvalue weighted by atomic mass is 35.5. The van der Waals surface area contributed by atoms with Gasteiger partial charge in [0.05, 0.1) is 19.2 Å². The van der Waals surface area contributed by atoms with E-state index in [4.69, 9.17) is 16.3 Å². The SMILES string of the molecule is COC(=O)c1ncn(-c2cc(Cl)cnc2OC)n1. The van der Waals surface area contributed by atoms with Gasteiger partial charge in [0.25, 0.3) is 5.82 Å². The molecule has 18 heavy (non-hydrogen) atoms. The first-order valence-corrected chi connectivity index (χ1v) is 5.23. The molecule has 0 N–H and O–H groups in total. The maximum absolute atomic E-state index is 11.2. The maximum Gasteiger partial charge on any atom is 0.377 e. The van der Waals surface area contributed by atoms with Crippen LogP contribution in [-0.2, 0) is 4.74 Å². The van der Waals surface area contributed by atoms with Gasteiger partial charge in [0.1, 0.15) is 12.0 Å². The summed E-state index contributed by atoms with van der Waals surface area (Å²) in [7, 11) is 2.72. The van der Waals surface area contributed by atoms with Crippen molar-refractivity contribution in [1.29, 1.82) is 0 Å². The minimum absolute atomic E-state index is 0.0560. The molecule has 7 nitrogen and oxygen atoms in total. The van der Waals surface area contributed by atoms with Gasteiger partial charge in [0, 0.05) is 6.20 Å². The normalized spacial score (nSPS) is 10.2. The average Bonchev–Trinajstić information content (AvgIpc) is 2.87. The van der Waals surface area contributed by atoms with Crippen LogP contribution in [0.3, 0.4) is 0 Å². The Morgan fingerprint density at radius 3 is 2.83 bits per heavy atom. The molecule has 0 bridgehead atoms. The van der Waals surface area contributed by atoms with E-state index in [9.17, 15) is 4.79 Å². The van der Waals surface area contributed by atoms with Gasteiger partial charge in [-0.1, -0.05) is 11.6 Å². The number of halogens is 1. The number of methoxy groups -OCH3 is 2. The van der Waals surface area contributed by atoms with Crippen molar-refractivity contribution in [2.45, 2.75) is 0 Å². The predicted octanol–water partition coefficient (Wildman–Crippen LogP) is 1.11. The number of nitrogens with zero attached hydrogens (tertiary/aromatic N) is 4. The zero-order valence-electron chi connectivity index (χ0n) is 9.62. The molecule has 2 aromatic rings. The van der Waals surface area contributed by atoms with Gasteiger partial charge in [-0.05, 0) is 6.07 Å². The fourth-order valence-corrected chi connectivity index (χ4v) is 1.45. The van der Waals surface area contributed by atoms with Crippen LogP contribution in [0.5, 0.6) is 5.88 Å². The molecule has 2 heterocycles. The third-order valence-corrected chi connectivity index (χ3v) is 2.31. The number of carbonyl (C=O) groups is 1. The van der Waals surface area contributed by atoms with Crippen LogP contribution in [0.25, 0.3) is 5.69 Å². The predicted molar refractivity (Wildman–Crippen MR) is 62.1 cm³/mol. The molecule has 0 aromatic carbocycles. The van der Waals surface area contributed by atoms with E-state index in [0.29, 0.717) is 16.6 Å². The Morgan fingerprint density at radius 1 is 1.39 bits per heavy atom. The van der Waals surface area contributed by atoms with Gasteiger partial charge in [0.15, 0.2) is 0 Å². The first-order valence-electron chi connectivity index (χ1n) is 4.85. The minimum atomic E-state index is -0.622. The molecule has 0 saturated heterocycles. The van der Waals surface area contributed by atoms with Crippen LogP contribution < -0.4 is 4.74 Å². The molecule has 0 radical (unpaired) electrons. The molecule has 0 spiro atoms. The van der Waals surface area contributed by atoms with E-state index in [1.807, 2.05) is 0 Å². The summed E-state index contributed by atoms with van der Waals surface area (Å²) in [5.74, 6) is -0.358. The number of hydrogen-bond acceptors (Lipinski definition) is 6. The van der Waals surface area contributed by atoms with Gasteiger partial charge in [-0.15, -0.1) is 5.10 Å². The van der Waals surface area contributed by atoms with Crippen molar-refractivity contribution >= 4 is 17.6 Å². The van der Waals surface area contributed by atoms with Crippen molar-refractivity contribution in [2.24, 2.45) is 0 Å². The highest BCUT2D eigenvalue weighted by Gasteiger charge is 2.15. The Hall–Kier alpha value is -2.15. The molecule has 0 amide bonds. The Morgan fingerprint density at radius 2 is 2.17 bits per heavy atom. The second-order valence-electron chi connectivity index (χ2n) is 3.19. The Balaban J connectivity index is 2.45. The number of carbonyl (C=O) groups excluding carboxylic acids is 1. The number of hydrogen-bond donors (Lipinski definition) is 0. The molecular weight excluding hydrogens is 260 g/mol. The summed E-state index contributed by atoms with van der Waals surface area (Å²) in [5.41, 5.74) is 0.479. The fraction of sp³-hybridized carbons (Fsp3) is 0.200. The van der Waals surface area contributed by atoms with Crippen molar-refractivity contribution in [1.82, 2.24) is 19.7 Å². The van der Waals surface area contributed by atoms with Crippen molar-refractivity contribution in [2.75, 3.05) is 14.2 Å². The van der Waals surface area contributed by atoms with Crippen LogP contribution in [0.1, 0.15) is 10.6 Å². The van der Waals surface area contributed by atoms with Crippen LogP contribution in [0.15, 0.2) is 18.6 Å². The standard InChI is InChI=1S/C10H9ClN4O3/c1-17-9-7(3-6(11)4-12-9)15-5-13-8(14-15)10(16)18-2/h3-5H,1-2H3. The molecule has 2 rings (SSSR count). The zero-order chi connectivity index (χ0) is 13.1. The monoisotopic (exact) mass is 268 g/mol. The third kappa shape index (κ3) is 2.25. The molecule has 0 atom stereocenters. The Bertz CT molecular complexity index is 584. The summed E-state index contributed by atoms with van der Waals surface area (Å²) in [6, 6.07) is 1.60. The summed E-state index contributed by atoms with van der Waals surface area (Å²) in [5, 5.41) is 4.37. The molecule has 0 saturated carbocycles. The van der Waals surface area contributed by atoms with Crippen LogP contribution >= 0.6 is 11.6 Å². The van der Waals surface area contributed by atoms with E-state index < -0.39 is 5.97 Å². The van der Waals surface area contributed by atoms with Crippen LogP contribution in [-0.4, -0.2) is 39.9 Å². The van der Waals surface area contributed by atoms with Crippen molar-refractivity contribution < 1.29 is 14.3 Å². The second kappa shape index (κ2) is 5.01. The molecule has 8 heteroatoms. The Kier molecular flexibility index (Phi) is 3.42. The second-order valence-corrected chi connectivity index (χ2v) is 3.62. The lowest BCUT2D eigenvalue weighted by Crippen LogP contribution is -2.06. The van der Waals surface area contributed by atoms with Gasteiger partial charge in [0.2, 0.25) is 5.88 Å². The van der Waals surface area contributed by atoms with Gasteiger partial charge in [-0.3, -0.25) is 0 Å². The average molecular weight is 269 g/mol. The Labute approximate surface area is 107 Å². The first kappa shape index (κ1) is 12.3. The van der Waals surface area contributed by atoms with Gasteiger partial charge < -0.3 is 9.47 Å². The maximum atomic E-state index is 11.2. The fourth-order valence-electron chi connectivity index (χ4n) is 1.30. The number of esters is 1. The van der Waals surface area contributed by atoms with E-state index in [1.165, 1.54) is 31.4 Å². The molecule has 0 fully saturated rings. The molecule has 0 aliphatic carbocycles. The first-order chi connectivity index (χ1) is 8.65. The summed E-state index contributed by atoms with van der Waals surface area (Å²) in [6.07, 6.45) is 2.80. The molecule has 94 valence electrons. The lowest BCUT2D eigenvalue weighted by Gasteiger charge is -2.06. The van der Waals surface area contributed by atoms with Crippen LogP contribution in [0, 0.1) is 0 Å². The number of pyridine rings is 1. The largest absolute Gasteiger partial charge is 0.479 e. The highest BCUT2D eigenvalue weighted by Crippen LogP contribution is 2.22. The quantitative estimate of drug-likeness (QED) is 0.776. The molecule has 2 aromatic heterocycles. The molecule has 0 aliphatic rings. The number of rotatable bonds is 3.